The van der Waals surface area contributed by atoms with E-state index in [1.54, 1.807) is 17.7 Å². The smallest absolute Gasteiger partial charge is 0.270 e. The Balaban J connectivity index is 2.35. The summed E-state index contributed by atoms with van der Waals surface area (Å²) in [5.74, 6) is 0. The fraction of sp³-hybridized carbons (Fsp3) is 0.357. The molecule has 6 nitrogen and oxygen atoms in total. The van der Waals surface area contributed by atoms with Gasteiger partial charge in [-0.15, -0.1) is 0 Å². The highest BCUT2D eigenvalue weighted by atomic mass is 35.5. The van der Waals surface area contributed by atoms with Crippen molar-refractivity contribution in [3.8, 4) is 0 Å². The van der Waals surface area contributed by atoms with E-state index in [0.29, 0.717) is 11.6 Å². The van der Waals surface area contributed by atoms with E-state index in [9.17, 15) is 15.2 Å². The zero-order chi connectivity index (χ0) is 15.7. The van der Waals surface area contributed by atoms with E-state index >= 15 is 0 Å². The molecule has 21 heavy (non-hydrogen) atoms. The average Bonchev–Trinajstić information content (AvgIpc) is 2.66. The second kappa shape index (κ2) is 5.83. The Morgan fingerprint density at radius 3 is 2.62 bits per heavy atom. The molecule has 0 aliphatic heterocycles. The van der Waals surface area contributed by atoms with Gasteiger partial charge in [0.1, 0.15) is 0 Å². The van der Waals surface area contributed by atoms with Crippen LogP contribution in [0.1, 0.15) is 35.5 Å². The maximum Gasteiger partial charge on any atom is 0.270 e. The molecule has 1 N–H and O–H groups in total. The quantitative estimate of drug-likeness (QED) is 0.694. The number of benzene rings is 1. The maximum absolute atomic E-state index is 10.7. The molecule has 7 heteroatoms. The van der Waals surface area contributed by atoms with Crippen LogP contribution in [-0.4, -0.2) is 19.8 Å². The molecule has 0 saturated carbocycles. The van der Waals surface area contributed by atoms with Gasteiger partial charge in [-0.05, 0) is 32.4 Å². The number of hydrogen-bond acceptors (Lipinski definition) is 4. The number of nitro groups is 1. The lowest BCUT2D eigenvalue weighted by atomic mass is 10.1. The molecule has 0 spiro atoms. The van der Waals surface area contributed by atoms with Crippen molar-refractivity contribution in [3.63, 3.8) is 0 Å². The number of aromatic nitrogens is 2. The largest absolute Gasteiger partial charge is 0.389 e. The first-order chi connectivity index (χ1) is 9.81. The molecular formula is C14H16ClN3O3. The number of aryl methyl sites for hydroxylation is 1. The third-order valence-corrected chi connectivity index (χ3v) is 3.77. The van der Waals surface area contributed by atoms with Crippen LogP contribution in [0, 0.1) is 24.0 Å². The third kappa shape index (κ3) is 3.06. The van der Waals surface area contributed by atoms with Crippen LogP contribution in [0.2, 0.25) is 5.02 Å². The summed E-state index contributed by atoms with van der Waals surface area (Å²) in [5, 5.41) is 25.2. The van der Waals surface area contributed by atoms with E-state index < -0.39 is 11.0 Å². The fourth-order valence-corrected chi connectivity index (χ4v) is 2.64. The summed E-state index contributed by atoms with van der Waals surface area (Å²) in [7, 11) is 0. The highest BCUT2D eigenvalue weighted by Gasteiger charge is 2.17. The van der Waals surface area contributed by atoms with Gasteiger partial charge < -0.3 is 5.11 Å². The van der Waals surface area contributed by atoms with Crippen molar-refractivity contribution < 1.29 is 10.0 Å². The van der Waals surface area contributed by atoms with Crippen molar-refractivity contribution in [2.75, 3.05) is 0 Å². The molecule has 0 aliphatic carbocycles. The zero-order valence-corrected chi connectivity index (χ0v) is 12.8. The van der Waals surface area contributed by atoms with Gasteiger partial charge in [-0.3, -0.25) is 14.8 Å². The number of aliphatic hydroxyl groups excluding tert-OH is 1. The number of nitrogens with zero attached hydrogens (tertiary/aromatic N) is 3. The van der Waals surface area contributed by atoms with Gasteiger partial charge >= 0.3 is 0 Å². The van der Waals surface area contributed by atoms with Crippen molar-refractivity contribution in [2.24, 2.45) is 0 Å². The van der Waals surface area contributed by atoms with E-state index in [1.807, 2.05) is 13.8 Å². The molecule has 0 aliphatic rings. The normalized spacial score (nSPS) is 12.4. The van der Waals surface area contributed by atoms with Crippen LogP contribution in [0.3, 0.4) is 0 Å². The second-order valence-corrected chi connectivity index (χ2v) is 5.36. The molecule has 1 atom stereocenters. The van der Waals surface area contributed by atoms with E-state index in [0.717, 1.165) is 22.5 Å². The van der Waals surface area contributed by atoms with Crippen molar-refractivity contribution in [1.29, 1.82) is 0 Å². The van der Waals surface area contributed by atoms with Gasteiger partial charge in [0.2, 0.25) is 0 Å². The molecule has 1 unspecified atom stereocenters. The summed E-state index contributed by atoms with van der Waals surface area (Å²) in [5.41, 5.74) is 3.12. The minimum absolute atomic E-state index is 0.0400. The Hall–Kier alpha value is -1.92. The van der Waals surface area contributed by atoms with E-state index in [4.69, 9.17) is 11.6 Å². The van der Waals surface area contributed by atoms with E-state index in [-0.39, 0.29) is 5.69 Å². The lowest BCUT2D eigenvalue weighted by molar-refractivity contribution is -0.384. The average molecular weight is 310 g/mol. The lowest BCUT2D eigenvalue weighted by Gasteiger charge is -2.08. The number of non-ortho nitro benzene ring substituents is 1. The highest BCUT2D eigenvalue weighted by molar-refractivity contribution is 6.31. The van der Waals surface area contributed by atoms with Gasteiger partial charge in [0.25, 0.3) is 5.69 Å². The van der Waals surface area contributed by atoms with Gasteiger partial charge in [0, 0.05) is 23.4 Å². The molecule has 0 amide bonds. The number of halogens is 1. The molecule has 0 fully saturated rings. The van der Waals surface area contributed by atoms with Crippen LogP contribution in [0.5, 0.6) is 0 Å². The van der Waals surface area contributed by atoms with Gasteiger partial charge in [-0.25, -0.2) is 0 Å². The molecule has 0 radical (unpaired) electrons. The predicted molar refractivity (Wildman–Crippen MR) is 79.5 cm³/mol. The standard InChI is InChI=1S/C14H16ClN3O3/c1-8-14(10(3)19)9(2)17(16-8)7-11-4-5-12(18(20)21)6-13(11)15/h4-6,10,19H,7H2,1-3H3. The third-order valence-electron chi connectivity index (χ3n) is 3.42. The molecular weight excluding hydrogens is 294 g/mol. The van der Waals surface area contributed by atoms with Crippen LogP contribution in [0.15, 0.2) is 18.2 Å². The Morgan fingerprint density at radius 1 is 1.48 bits per heavy atom. The molecule has 2 rings (SSSR count). The summed E-state index contributed by atoms with van der Waals surface area (Å²) < 4.78 is 1.74. The number of hydrogen-bond donors (Lipinski definition) is 1. The monoisotopic (exact) mass is 309 g/mol. The molecule has 1 aromatic carbocycles. The number of aliphatic hydroxyl groups is 1. The van der Waals surface area contributed by atoms with Crippen molar-refractivity contribution in [3.05, 3.63) is 55.9 Å². The molecule has 0 saturated heterocycles. The summed E-state index contributed by atoms with van der Waals surface area (Å²) >= 11 is 6.09. The van der Waals surface area contributed by atoms with Crippen molar-refractivity contribution >= 4 is 17.3 Å². The molecule has 1 heterocycles. The zero-order valence-electron chi connectivity index (χ0n) is 12.0. The van der Waals surface area contributed by atoms with E-state index in [1.165, 1.54) is 12.1 Å². The molecule has 0 bridgehead atoms. The van der Waals surface area contributed by atoms with Crippen LogP contribution in [0.25, 0.3) is 0 Å². The van der Waals surface area contributed by atoms with Gasteiger partial charge in [0.05, 0.1) is 28.3 Å². The maximum atomic E-state index is 10.7. The second-order valence-electron chi connectivity index (χ2n) is 4.95. The molecule has 1 aromatic heterocycles. The van der Waals surface area contributed by atoms with Crippen LogP contribution in [0.4, 0.5) is 5.69 Å². The van der Waals surface area contributed by atoms with E-state index in [2.05, 4.69) is 5.10 Å². The van der Waals surface area contributed by atoms with Crippen LogP contribution in [-0.2, 0) is 6.54 Å². The number of nitro benzene ring substituents is 1. The highest BCUT2D eigenvalue weighted by Crippen LogP contribution is 2.26. The summed E-state index contributed by atoms with van der Waals surface area (Å²) in [6.07, 6.45) is -0.592. The van der Waals surface area contributed by atoms with Gasteiger partial charge in [-0.2, -0.15) is 5.10 Å². The summed E-state index contributed by atoms with van der Waals surface area (Å²) in [6.45, 7) is 5.81. The lowest BCUT2D eigenvalue weighted by Crippen LogP contribution is -2.05. The van der Waals surface area contributed by atoms with Crippen molar-refractivity contribution in [1.82, 2.24) is 9.78 Å². The van der Waals surface area contributed by atoms with Crippen LogP contribution < -0.4 is 0 Å². The Morgan fingerprint density at radius 2 is 2.14 bits per heavy atom. The summed E-state index contributed by atoms with van der Waals surface area (Å²) in [6, 6.07) is 4.37. The topological polar surface area (TPSA) is 81.2 Å². The van der Waals surface area contributed by atoms with Crippen molar-refractivity contribution in [2.45, 2.75) is 33.4 Å². The minimum Gasteiger partial charge on any atom is -0.389 e. The Labute approximate surface area is 127 Å². The molecule has 112 valence electrons. The first kappa shape index (κ1) is 15.5. The minimum atomic E-state index is -0.592. The first-order valence-electron chi connectivity index (χ1n) is 6.46. The Bertz CT molecular complexity index is 695. The van der Waals surface area contributed by atoms with Crippen LogP contribution >= 0.6 is 11.6 Å². The SMILES string of the molecule is Cc1nn(Cc2ccc([N+](=O)[O-])cc2Cl)c(C)c1C(C)O. The van der Waals surface area contributed by atoms with Gasteiger partial charge in [0.15, 0.2) is 0 Å². The number of rotatable bonds is 4. The summed E-state index contributed by atoms with van der Waals surface area (Å²) in [4.78, 5) is 10.2. The van der Waals surface area contributed by atoms with Gasteiger partial charge in [-0.1, -0.05) is 11.6 Å². The Kier molecular flexibility index (Phi) is 4.29. The molecule has 2 aromatic rings. The first-order valence-corrected chi connectivity index (χ1v) is 6.83. The predicted octanol–water partition coefficient (Wildman–Crippen LogP) is 3.16. The fourth-order valence-electron chi connectivity index (χ4n) is 2.41.